The van der Waals surface area contributed by atoms with E-state index in [0.717, 1.165) is 37.2 Å². The number of piperidine rings is 2. The van der Waals surface area contributed by atoms with Crippen molar-refractivity contribution in [3.8, 4) is 5.69 Å². The highest BCUT2D eigenvalue weighted by atomic mass is 15.1. The zero-order valence-corrected chi connectivity index (χ0v) is 21.5. The van der Waals surface area contributed by atoms with Crippen molar-refractivity contribution in [3.05, 3.63) is 65.2 Å². The van der Waals surface area contributed by atoms with Gasteiger partial charge in [0.1, 0.15) is 11.0 Å². The zero-order chi connectivity index (χ0) is 23.9. The Labute approximate surface area is 209 Å². The molecule has 0 saturated carbocycles. The van der Waals surface area contributed by atoms with Crippen LogP contribution in [0, 0.1) is 20.8 Å². The van der Waals surface area contributed by atoms with Crippen molar-refractivity contribution >= 4 is 33.4 Å². The summed E-state index contributed by atoms with van der Waals surface area (Å²) in [6, 6.07) is 18.4. The number of benzene rings is 3. The van der Waals surface area contributed by atoms with E-state index in [4.69, 9.17) is 4.98 Å². The molecule has 2 fully saturated rings. The first-order valence-corrected chi connectivity index (χ1v) is 13.5. The van der Waals surface area contributed by atoms with Crippen LogP contribution in [0.5, 0.6) is 0 Å². The fourth-order valence-electron chi connectivity index (χ4n) is 6.06. The molecule has 35 heavy (non-hydrogen) atoms. The Morgan fingerprint density at radius 1 is 0.600 bits per heavy atom. The lowest BCUT2D eigenvalue weighted by atomic mass is 10.0. The summed E-state index contributed by atoms with van der Waals surface area (Å²) in [5.74, 6) is 0. The highest BCUT2D eigenvalue weighted by Gasteiger charge is 2.25. The average Bonchev–Trinajstić information content (AvgIpc) is 2.88. The molecule has 2 saturated heterocycles. The summed E-state index contributed by atoms with van der Waals surface area (Å²) in [6.45, 7) is 11.2. The Hall–Kier alpha value is -3.14. The van der Waals surface area contributed by atoms with E-state index < -0.39 is 0 Å². The molecule has 2 aliphatic heterocycles. The van der Waals surface area contributed by atoms with Crippen molar-refractivity contribution < 1.29 is 4.57 Å². The molecule has 6 rings (SSSR count). The molecular formula is C31H37N4+. The summed E-state index contributed by atoms with van der Waals surface area (Å²) in [6.07, 6.45) is 7.82. The molecule has 4 nitrogen and oxygen atoms in total. The monoisotopic (exact) mass is 465 g/mol. The first-order valence-electron chi connectivity index (χ1n) is 13.5. The Morgan fingerprint density at radius 2 is 1.06 bits per heavy atom. The van der Waals surface area contributed by atoms with Crippen molar-refractivity contribution in [2.24, 2.45) is 0 Å². The zero-order valence-electron chi connectivity index (χ0n) is 21.5. The van der Waals surface area contributed by atoms with Crippen LogP contribution in [-0.2, 0) is 0 Å². The minimum absolute atomic E-state index is 1.07. The second-order valence-corrected chi connectivity index (χ2v) is 10.6. The largest absolute Gasteiger partial charge is 0.371 e. The molecule has 0 atom stereocenters. The van der Waals surface area contributed by atoms with Crippen molar-refractivity contribution in [2.75, 3.05) is 36.0 Å². The predicted molar refractivity (Wildman–Crippen MR) is 147 cm³/mol. The van der Waals surface area contributed by atoms with Gasteiger partial charge in [0, 0.05) is 61.8 Å². The summed E-state index contributed by atoms with van der Waals surface area (Å²) in [7, 11) is 0. The molecule has 4 aromatic rings. The van der Waals surface area contributed by atoms with Gasteiger partial charge in [-0.3, -0.25) is 0 Å². The summed E-state index contributed by atoms with van der Waals surface area (Å²) < 4.78 is 2.46. The first kappa shape index (κ1) is 22.3. The third kappa shape index (κ3) is 4.13. The Kier molecular flexibility index (Phi) is 5.83. The standard InChI is InChI=1S/C31H37N4/c1-22-10-12-25(13-11-22)35-30-20-28(33-14-6-4-7-15-33)23(2)18-26(30)32-27-19-24(3)29(21-31(27)35)34-16-8-5-9-17-34/h10-13,18-21H,4-9,14-17H2,1-3H3/q+1. The number of aromatic nitrogens is 2. The molecule has 0 aliphatic carbocycles. The summed E-state index contributed by atoms with van der Waals surface area (Å²) in [5.41, 5.74) is 12.4. The lowest BCUT2D eigenvalue weighted by Gasteiger charge is -2.30. The van der Waals surface area contributed by atoms with Crippen LogP contribution in [0.25, 0.3) is 27.8 Å². The van der Waals surface area contributed by atoms with Crippen molar-refractivity contribution in [3.63, 3.8) is 0 Å². The van der Waals surface area contributed by atoms with E-state index in [2.05, 4.69) is 83.7 Å². The molecule has 0 bridgehead atoms. The summed E-state index contributed by atoms with van der Waals surface area (Å²) >= 11 is 0. The fraction of sp³-hybridized carbons (Fsp3) is 0.419. The quantitative estimate of drug-likeness (QED) is 0.252. The normalized spacial score (nSPS) is 16.9. The number of nitrogens with zero attached hydrogens (tertiary/aromatic N) is 4. The Morgan fingerprint density at radius 3 is 1.51 bits per heavy atom. The molecule has 0 amide bonds. The van der Waals surface area contributed by atoms with Crippen LogP contribution in [0.3, 0.4) is 0 Å². The van der Waals surface area contributed by atoms with Crippen LogP contribution in [0.15, 0.2) is 48.5 Å². The molecule has 1 aromatic heterocycles. The fourth-order valence-corrected chi connectivity index (χ4v) is 6.06. The van der Waals surface area contributed by atoms with Gasteiger partial charge < -0.3 is 9.80 Å². The molecule has 0 unspecified atom stereocenters. The van der Waals surface area contributed by atoms with E-state index in [-0.39, 0.29) is 0 Å². The van der Waals surface area contributed by atoms with Crippen molar-refractivity contribution in [2.45, 2.75) is 59.3 Å². The van der Waals surface area contributed by atoms with Gasteiger partial charge in [-0.1, -0.05) is 17.7 Å². The molecule has 4 heteroatoms. The molecule has 3 heterocycles. The third-order valence-corrected chi connectivity index (χ3v) is 7.99. The summed E-state index contributed by atoms with van der Waals surface area (Å²) in [4.78, 5) is 10.4. The minimum atomic E-state index is 1.07. The molecule has 0 spiro atoms. The van der Waals surface area contributed by atoms with Gasteiger partial charge in [0.2, 0.25) is 16.7 Å². The number of aryl methyl sites for hydroxylation is 3. The number of fused-ring (bicyclic) bond motifs is 2. The number of rotatable bonds is 3. The lowest BCUT2D eigenvalue weighted by Crippen LogP contribution is -2.35. The van der Waals surface area contributed by atoms with Gasteiger partial charge in [-0.25, -0.2) is 4.98 Å². The maximum Gasteiger partial charge on any atom is 0.239 e. The molecule has 2 aliphatic rings. The molecule has 180 valence electrons. The van der Waals surface area contributed by atoms with Crippen molar-refractivity contribution in [1.82, 2.24) is 4.98 Å². The van der Waals surface area contributed by atoms with Gasteiger partial charge in [0.25, 0.3) is 0 Å². The second-order valence-electron chi connectivity index (χ2n) is 10.6. The van der Waals surface area contributed by atoms with Crippen LogP contribution in [0.2, 0.25) is 0 Å². The van der Waals surface area contributed by atoms with Crippen molar-refractivity contribution in [1.29, 1.82) is 0 Å². The van der Waals surface area contributed by atoms with E-state index in [1.807, 2.05) is 0 Å². The van der Waals surface area contributed by atoms with E-state index in [9.17, 15) is 0 Å². The van der Waals surface area contributed by atoms with Gasteiger partial charge in [-0.2, -0.15) is 0 Å². The Balaban J connectivity index is 1.63. The molecule has 0 radical (unpaired) electrons. The van der Waals surface area contributed by atoms with Gasteiger partial charge in [0.05, 0.1) is 0 Å². The van der Waals surface area contributed by atoms with Gasteiger partial charge in [-0.15, -0.1) is 4.57 Å². The topological polar surface area (TPSA) is 23.2 Å². The highest BCUT2D eigenvalue weighted by Crippen LogP contribution is 2.32. The number of hydrogen-bond acceptors (Lipinski definition) is 3. The molecule has 0 N–H and O–H groups in total. The highest BCUT2D eigenvalue weighted by molar-refractivity contribution is 5.88. The van der Waals surface area contributed by atoms with E-state index in [1.165, 1.54) is 83.3 Å². The van der Waals surface area contributed by atoms with Gasteiger partial charge >= 0.3 is 0 Å². The lowest BCUT2D eigenvalue weighted by molar-refractivity contribution is -0.538. The van der Waals surface area contributed by atoms with E-state index in [1.54, 1.807) is 0 Å². The smallest absolute Gasteiger partial charge is 0.239 e. The van der Waals surface area contributed by atoms with Crippen LogP contribution in [-0.4, -0.2) is 31.2 Å². The van der Waals surface area contributed by atoms with Crippen LogP contribution >= 0.6 is 0 Å². The van der Waals surface area contributed by atoms with Crippen LogP contribution < -0.4 is 14.4 Å². The number of hydrogen-bond donors (Lipinski definition) is 0. The third-order valence-electron chi connectivity index (χ3n) is 7.99. The molecule has 3 aromatic carbocycles. The first-order chi connectivity index (χ1) is 17.1. The maximum absolute atomic E-state index is 5.22. The number of anilines is 2. The second kappa shape index (κ2) is 9.14. The summed E-state index contributed by atoms with van der Waals surface area (Å²) in [5, 5.41) is 0. The SMILES string of the molecule is Cc1ccc(-[n+]2c3cc(N4CCCCC4)c(C)cc3nc3cc(C)c(N4CCCCC4)cc32)cc1. The predicted octanol–water partition coefficient (Wildman–Crippen LogP) is 6.57. The van der Waals surface area contributed by atoms with Gasteiger partial charge in [-0.05, 0) is 82.6 Å². The van der Waals surface area contributed by atoms with Gasteiger partial charge in [0.15, 0.2) is 0 Å². The van der Waals surface area contributed by atoms with E-state index in [0.29, 0.717) is 0 Å². The Bertz CT molecular complexity index is 1300. The van der Waals surface area contributed by atoms with E-state index >= 15 is 0 Å². The average molecular weight is 466 g/mol. The van der Waals surface area contributed by atoms with Crippen LogP contribution in [0.4, 0.5) is 11.4 Å². The maximum atomic E-state index is 5.22. The van der Waals surface area contributed by atoms with Crippen LogP contribution in [0.1, 0.15) is 55.2 Å². The minimum Gasteiger partial charge on any atom is -0.371 e. The molecular weight excluding hydrogens is 428 g/mol.